The molecule has 0 unspecified atom stereocenters. The van der Waals surface area contributed by atoms with Gasteiger partial charge in [-0.2, -0.15) is 0 Å². The van der Waals surface area contributed by atoms with Crippen LogP contribution in [0.5, 0.6) is 0 Å². The highest BCUT2D eigenvalue weighted by atomic mass is 16.1. The van der Waals surface area contributed by atoms with E-state index in [1.807, 2.05) is 54.7 Å². The molecule has 80 heavy (non-hydrogen) atoms. The Morgan fingerprint density at radius 2 is 0.912 bits per heavy atom. The molecule has 0 amide bonds. The van der Waals surface area contributed by atoms with Crippen molar-refractivity contribution in [3.05, 3.63) is 137 Å². The van der Waals surface area contributed by atoms with Crippen molar-refractivity contribution in [2.75, 3.05) is 0 Å². The predicted molar refractivity (Wildman–Crippen MR) is 365 cm³/mol. The normalized spacial score (nSPS) is 11.5. The molecule has 0 saturated carbocycles. The molecule has 2 aliphatic rings. The second-order valence-corrected chi connectivity index (χ2v) is 25.3. The molecule has 4 heteroatoms. The molecule has 4 aromatic rings. The van der Waals surface area contributed by atoms with E-state index in [4.69, 9.17) is 5.41 Å². The van der Waals surface area contributed by atoms with Gasteiger partial charge >= 0.3 is 0 Å². The predicted octanol–water partition coefficient (Wildman–Crippen LogP) is 23.8. The topological polar surface area (TPSA) is 70.3 Å². The van der Waals surface area contributed by atoms with Crippen LogP contribution in [0.4, 0.5) is 0 Å². The smallest absolute Gasteiger partial charge is 0.130 e. The van der Waals surface area contributed by atoms with Gasteiger partial charge in [-0.15, -0.1) is 0 Å². The van der Waals surface area contributed by atoms with Crippen LogP contribution >= 0.6 is 0 Å². The van der Waals surface area contributed by atoms with E-state index < -0.39 is 0 Å². The molecule has 0 bridgehead atoms. The van der Waals surface area contributed by atoms with E-state index in [9.17, 15) is 9.59 Å². The summed E-state index contributed by atoms with van der Waals surface area (Å²) in [5.41, 5.74) is 9.49. The monoisotopic (exact) mass is 1100 g/mol. The Bertz CT molecular complexity index is 2170. The van der Waals surface area contributed by atoms with Gasteiger partial charge in [0, 0.05) is 36.9 Å². The van der Waals surface area contributed by atoms with E-state index in [1.54, 1.807) is 19.4 Å². The average Bonchev–Trinajstić information content (AvgIpc) is 4.04. The van der Waals surface area contributed by atoms with Gasteiger partial charge in [0.2, 0.25) is 0 Å². The second-order valence-electron chi connectivity index (χ2n) is 25.3. The highest BCUT2D eigenvalue weighted by molar-refractivity contribution is 5.83. The van der Waals surface area contributed by atoms with Gasteiger partial charge in [0.15, 0.2) is 0 Å². The van der Waals surface area contributed by atoms with Gasteiger partial charge < -0.3 is 15.0 Å². The zero-order valence-corrected chi connectivity index (χ0v) is 56.9. The number of Topliss-reactive ketones (excluding diaryl/α,β-unsaturated/α-hetero) is 2. The molecule has 4 nitrogen and oxygen atoms in total. The Morgan fingerprint density at radius 3 is 1.29 bits per heavy atom. The van der Waals surface area contributed by atoms with E-state index in [1.165, 1.54) is 70.8 Å². The Kier molecular flexibility index (Phi) is 53.5. The van der Waals surface area contributed by atoms with Gasteiger partial charge in [0.1, 0.15) is 11.6 Å². The van der Waals surface area contributed by atoms with Crippen molar-refractivity contribution in [2.45, 2.75) is 250 Å². The molecule has 1 aliphatic heterocycles. The van der Waals surface area contributed by atoms with Crippen molar-refractivity contribution in [2.24, 2.45) is 58.3 Å². The molecule has 1 heterocycles. The summed E-state index contributed by atoms with van der Waals surface area (Å²) in [6.45, 7) is 52.9. The number of rotatable bonds is 17. The van der Waals surface area contributed by atoms with Crippen LogP contribution in [0.15, 0.2) is 120 Å². The fourth-order valence-corrected chi connectivity index (χ4v) is 7.53. The molecule has 0 radical (unpaired) electrons. The van der Waals surface area contributed by atoms with E-state index in [0.29, 0.717) is 11.8 Å². The number of ketones is 2. The Labute approximate surface area is 497 Å². The zero-order chi connectivity index (χ0) is 62.2. The van der Waals surface area contributed by atoms with Crippen LogP contribution in [0, 0.1) is 58.7 Å². The second kappa shape index (κ2) is 52.4. The van der Waals surface area contributed by atoms with Crippen molar-refractivity contribution >= 4 is 39.8 Å². The average molecular weight is 1100 g/mol. The summed E-state index contributed by atoms with van der Waals surface area (Å²) in [7, 11) is 0. The minimum absolute atomic E-state index is 0.287. The first-order chi connectivity index (χ1) is 37.5. The van der Waals surface area contributed by atoms with Crippen LogP contribution < -0.4 is 0 Å². The lowest BCUT2D eigenvalue weighted by atomic mass is 9.98. The molecule has 4 aromatic carbocycles. The van der Waals surface area contributed by atoms with Crippen LogP contribution in [0.1, 0.15) is 253 Å². The van der Waals surface area contributed by atoms with Gasteiger partial charge in [-0.05, 0) is 158 Å². The van der Waals surface area contributed by atoms with E-state index in [0.717, 1.165) is 92.1 Å². The van der Waals surface area contributed by atoms with Crippen molar-refractivity contribution < 1.29 is 9.59 Å². The number of benzene rings is 4. The first-order valence-corrected chi connectivity index (χ1v) is 31.6. The first-order valence-electron chi connectivity index (χ1n) is 31.6. The van der Waals surface area contributed by atoms with Crippen molar-refractivity contribution in [3.8, 4) is 0 Å². The SMILES string of the molecule is CC.CC(=N)CCC(C)C.CC(=O)CC(C)C.CC(=O)CC(C)C.CC(C)CC1=CCC=N1.CC(C)CC1=CCc2ccccc21.CC(C)Cc1ccc2ccccc2c1.CC(C)Cc1ccccc1.CCC(C)C.CCC(C)C. The van der Waals surface area contributed by atoms with Crippen molar-refractivity contribution in [3.63, 3.8) is 0 Å². The molecule has 1 N–H and O–H groups in total. The van der Waals surface area contributed by atoms with Crippen LogP contribution in [0.3, 0.4) is 0 Å². The molecule has 0 atom stereocenters. The maximum atomic E-state index is 10.3. The van der Waals surface area contributed by atoms with Crippen LogP contribution in [0.25, 0.3) is 16.3 Å². The maximum absolute atomic E-state index is 10.3. The molecule has 454 valence electrons. The zero-order valence-electron chi connectivity index (χ0n) is 56.9. The standard InChI is InChI=1S/C14H16.C13H16.C10H14.C8H13N.C7H15N.2C6H12O.2C5H12.C2H6/c1-11(2)9-12-7-8-13-5-3-4-6-14(13)10-12;1-10(2)9-12-8-7-11-5-3-4-6-13(11)12;1-9(2)8-10-6-4-3-5-7-10;1-7(2)6-8-4-3-5-9-8;1-6(2)4-5-7(3)8;2*1-5(2)4-6(3)7;2*1-4-5(2)3;1-2/h3-8,10-11H,9H2,1-2H3;3-6,8,10H,7,9H2,1-2H3;3-7,9H,8H2,1-2H3;4-5,7H,3,6H2,1-2H3;6,8H,4-5H2,1-3H3;2*5H,4H2,1-3H3;2*5H,4H2,1-3H3;1-2H3. The highest BCUT2D eigenvalue weighted by Crippen LogP contribution is 2.31. The molecular formula is C76H128N2O2. The third-order valence-corrected chi connectivity index (χ3v) is 12.0. The lowest BCUT2D eigenvalue weighted by Crippen LogP contribution is -1.95. The lowest BCUT2D eigenvalue weighted by Gasteiger charge is -2.07. The third kappa shape index (κ3) is 55.2. The number of fused-ring (bicyclic) bond motifs is 2. The molecule has 1 aliphatic carbocycles. The summed E-state index contributed by atoms with van der Waals surface area (Å²) in [5.74, 6) is 7.14. The summed E-state index contributed by atoms with van der Waals surface area (Å²) >= 11 is 0. The van der Waals surface area contributed by atoms with Gasteiger partial charge in [-0.1, -0.05) is 274 Å². The van der Waals surface area contributed by atoms with Crippen LogP contribution in [0.2, 0.25) is 0 Å². The Hall–Kier alpha value is -4.70. The number of hydrogen-bond donors (Lipinski definition) is 1. The van der Waals surface area contributed by atoms with Crippen molar-refractivity contribution in [1.82, 2.24) is 0 Å². The molecule has 0 spiro atoms. The fourth-order valence-electron chi connectivity index (χ4n) is 7.53. The maximum Gasteiger partial charge on any atom is 0.130 e. The lowest BCUT2D eigenvalue weighted by molar-refractivity contribution is -0.118. The molecule has 0 fully saturated rings. The van der Waals surface area contributed by atoms with Gasteiger partial charge in [0.25, 0.3) is 0 Å². The third-order valence-electron chi connectivity index (χ3n) is 12.0. The highest BCUT2D eigenvalue weighted by Gasteiger charge is 2.13. The number of nitrogens with zero attached hydrogens (tertiary/aromatic N) is 1. The van der Waals surface area contributed by atoms with E-state index in [2.05, 4.69) is 225 Å². The van der Waals surface area contributed by atoms with Gasteiger partial charge in [-0.25, -0.2) is 0 Å². The van der Waals surface area contributed by atoms with Crippen molar-refractivity contribution in [1.29, 1.82) is 5.41 Å². The summed E-state index contributed by atoms with van der Waals surface area (Å²) in [4.78, 5) is 24.7. The molecule has 0 saturated heterocycles. The van der Waals surface area contributed by atoms with Crippen LogP contribution in [-0.4, -0.2) is 23.5 Å². The fraction of sp³-hybridized carbons (Fsp3) is 0.605. The Morgan fingerprint density at radius 1 is 0.475 bits per heavy atom. The number of allylic oxidation sites excluding steroid dienone is 4. The van der Waals surface area contributed by atoms with E-state index in [-0.39, 0.29) is 11.6 Å². The summed E-state index contributed by atoms with van der Waals surface area (Å²) in [6.07, 6.45) is 19.6. The number of carbonyl (C=O) groups is 2. The van der Waals surface area contributed by atoms with Gasteiger partial charge in [0.05, 0.1) is 0 Å². The molecule has 6 rings (SSSR count). The number of carbonyl (C=O) groups excluding carboxylic acids is 2. The summed E-state index contributed by atoms with van der Waals surface area (Å²) in [6, 6.07) is 34.6. The number of aliphatic imine (C=N–C) groups is 1. The van der Waals surface area contributed by atoms with E-state index >= 15 is 0 Å². The van der Waals surface area contributed by atoms with Gasteiger partial charge in [-0.3, -0.25) is 4.99 Å². The summed E-state index contributed by atoms with van der Waals surface area (Å²) < 4.78 is 0. The minimum Gasteiger partial charge on any atom is -0.310 e. The minimum atomic E-state index is 0.287. The first kappa shape index (κ1) is 81.8. The van der Waals surface area contributed by atoms with Crippen LogP contribution in [-0.2, 0) is 28.9 Å². The number of nitrogens with one attached hydrogen (secondary N) is 1. The number of hydrogen-bond acceptors (Lipinski definition) is 4. The summed E-state index contributed by atoms with van der Waals surface area (Å²) in [5, 5.41) is 9.77. The quantitative estimate of drug-likeness (QED) is 0.107. The molecular weight excluding hydrogens is 973 g/mol. The Balaban J connectivity index is -0.000000413. The molecule has 0 aromatic heterocycles. The largest absolute Gasteiger partial charge is 0.310 e.